The van der Waals surface area contributed by atoms with Crippen molar-refractivity contribution in [2.75, 3.05) is 5.32 Å². The number of pyridine rings is 1. The number of benzene rings is 1. The molecule has 1 N–H and O–H groups in total. The Hall–Kier alpha value is -1.97. The maximum Gasteiger partial charge on any atom is 0.141 e. The quantitative estimate of drug-likeness (QED) is 0.860. The lowest BCUT2D eigenvalue weighted by Gasteiger charge is -2.05. The van der Waals surface area contributed by atoms with Crippen LogP contribution in [0.1, 0.15) is 5.56 Å². The molecule has 0 unspecified atom stereocenters. The molecule has 2 rings (SSSR count). The molecule has 2 aromatic rings. The number of hydrogen-bond acceptors (Lipinski definition) is 2. The number of hydrogen-bond donors (Lipinski definition) is 1. The lowest BCUT2D eigenvalue weighted by Crippen LogP contribution is -2.03. The van der Waals surface area contributed by atoms with Crippen molar-refractivity contribution in [3.05, 3.63) is 59.8 Å². The van der Waals surface area contributed by atoms with Crippen molar-refractivity contribution < 1.29 is 8.78 Å². The summed E-state index contributed by atoms with van der Waals surface area (Å²) in [5.74, 6) is -0.141. The van der Waals surface area contributed by atoms with E-state index in [4.69, 9.17) is 0 Å². The second kappa shape index (κ2) is 4.70. The third-order valence-corrected chi connectivity index (χ3v) is 2.15. The fourth-order valence-corrected chi connectivity index (χ4v) is 1.31. The highest BCUT2D eigenvalue weighted by molar-refractivity contribution is 5.35. The number of nitrogens with zero attached hydrogens (tertiary/aromatic N) is 1. The molecule has 0 aliphatic heterocycles. The summed E-state index contributed by atoms with van der Waals surface area (Å²) in [7, 11) is 0. The normalized spacial score (nSPS) is 10.1. The van der Waals surface area contributed by atoms with Gasteiger partial charge in [-0.25, -0.2) is 13.8 Å². The van der Waals surface area contributed by atoms with E-state index in [0.29, 0.717) is 17.9 Å². The first-order valence-electron chi connectivity index (χ1n) is 4.84. The van der Waals surface area contributed by atoms with Crippen molar-refractivity contribution in [1.82, 2.24) is 4.98 Å². The zero-order valence-corrected chi connectivity index (χ0v) is 8.45. The van der Waals surface area contributed by atoms with Crippen molar-refractivity contribution in [1.29, 1.82) is 0 Å². The van der Waals surface area contributed by atoms with Crippen LogP contribution in [0.2, 0.25) is 0 Å². The first-order chi connectivity index (χ1) is 7.75. The van der Waals surface area contributed by atoms with Crippen LogP contribution in [0.3, 0.4) is 0 Å². The molecular weight excluding hydrogens is 210 g/mol. The maximum absolute atomic E-state index is 13.2. The Morgan fingerprint density at radius 1 is 1.06 bits per heavy atom. The van der Waals surface area contributed by atoms with Gasteiger partial charge in [-0.3, -0.25) is 0 Å². The molecule has 0 spiro atoms. The molecule has 0 aliphatic rings. The number of anilines is 1. The van der Waals surface area contributed by atoms with Crippen LogP contribution in [0.5, 0.6) is 0 Å². The fraction of sp³-hybridized carbons (Fsp3) is 0.0833. The molecule has 0 saturated heterocycles. The average molecular weight is 220 g/mol. The van der Waals surface area contributed by atoms with E-state index < -0.39 is 5.82 Å². The molecule has 0 fully saturated rings. The lowest BCUT2D eigenvalue weighted by atomic mass is 10.2. The molecule has 2 nitrogen and oxygen atoms in total. The summed E-state index contributed by atoms with van der Waals surface area (Å²) in [4.78, 5) is 3.81. The predicted molar refractivity (Wildman–Crippen MR) is 57.9 cm³/mol. The van der Waals surface area contributed by atoms with Gasteiger partial charge >= 0.3 is 0 Å². The van der Waals surface area contributed by atoms with Crippen LogP contribution in [-0.4, -0.2) is 4.98 Å². The van der Waals surface area contributed by atoms with Gasteiger partial charge in [0.25, 0.3) is 0 Å². The van der Waals surface area contributed by atoms with Crippen molar-refractivity contribution in [2.24, 2.45) is 0 Å². The van der Waals surface area contributed by atoms with E-state index in [2.05, 4.69) is 10.3 Å². The van der Waals surface area contributed by atoms with Gasteiger partial charge in [-0.05, 0) is 18.2 Å². The molecule has 0 aliphatic carbocycles. The third-order valence-electron chi connectivity index (χ3n) is 2.15. The Morgan fingerprint density at radius 2 is 1.88 bits per heavy atom. The van der Waals surface area contributed by atoms with Crippen LogP contribution in [0, 0.1) is 11.6 Å². The van der Waals surface area contributed by atoms with E-state index in [9.17, 15) is 8.78 Å². The fourth-order valence-electron chi connectivity index (χ4n) is 1.31. The number of aromatic nitrogens is 1. The second-order valence-corrected chi connectivity index (χ2v) is 3.31. The smallest absolute Gasteiger partial charge is 0.141 e. The van der Waals surface area contributed by atoms with Gasteiger partial charge in [0.2, 0.25) is 0 Å². The highest BCUT2D eigenvalue weighted by Gasteiger charge is 2.00. The zero-order valence-electron chi connectivity index (χ0n) is 8.45. The summed E-state index contributed by atoms with van der Waals surface area (Å²) in [5.41, 5.74) is 0.550. The van der Waals surface area contributed by atoms with E-state index in [1.165, 1.54) is 18.2 Å². The zero-order chi connectivity index (χ0) is 11.4. The van der Waals surface area contributed by atoms with E-state index in [0.717, 1.165) is 6.20 Å². The first-order valence-corrected chi connectivity index (χ1v) is 4.84. The molecule has 16 heavy (non-hydrogen) atoms. The van der Waals surface area contributed by atoms with Gasteiger partial charge in [0, 0.05) is 12.1 Å². The van der Waals surface area contributed by atoms with Gasteiger partial charge in [-0.15, -0.1) is 0 Å². The van der Waals surface area contributed by atoms with Crippen molar-refractivity contribution in [3.8, 4) is 0 Å². The van der Waals surface area contributed by atoms with E-state index in [-0.39, 0.29) is 5.82 Å². The van der Waals surface area contributed by atoms with Gasteiger partial charge in [0.05, 0.1) is 6.20 Å². The van der Waals surface area contributed by atoms with Crippen LogP contribution < -0.4 is 5.32 Å². The molecule has 4 heteroatoms. The Balaban J connectivity index is 2.02. The second-order valence-electron chi connectivity index (χ2n) is 3.31. The first kappa shape index (κ1) is 10.5. The highest BCUT2D eigenvalue weighted by atomic mass is 19.1. The van der Waals surface area contributed by atoms with Crippen LogP contribution in [0.4, 0.5) is 14.6 Å². The number of rotatable bonds is 3. The lowest BCUT2D eigenvalue weighted by molar-refractivity contribution is 0.612. The monoisotopic (exact) mass is 220 g/mol. The van der Waals surface area contributed by atoms with Crippen LogP contribution in [0.25, 0.3) is 0 Å². The summed E-state index contributed by atoms with van der Waals surface area (Å²) in [5, 5.41) is 2.91. The summed E-state index contributed by atoms with van der Waals surface area (Å²) in [6.45, 7) is 0.325. The van der Waals surface area contributed by atoms with E-state index in [1.54, 1.807) is 18.2 Å². The summed E-state index contributed by atoms with van der Waals surface area (Å²) >= 11 is 0. The van der Waals surface area contributed by atoms with Crippen LogP contribution >= 0.6 is 0 Å². The van der Waals surface area contributed by atoms with Gasteiger partial charge in [-0.1, -0.05) is 18.2 Å². The molecule has 1 aromatic heterocycles. The number of halogens is 2. The highest BCUT2D eigenvalue weighted by Crippen LogP contribution is 2.09. The third kappa shape index (κ3) is 2.53. The molecule has 82 valence electrons. The molecule has 0 saturated carbocycles. The topological polar surface area (TPSA) is 24.9 Å². The minimum atomic E-state index is -0.392. The number of nitrogens with one attached hydrogen (secondary N) is 1. The molecular formula is C12H10F2N2. The van der Waals surface area contributed by atoms with E-state index in [1.807, 2.05) is 0 Å². The summed E-state index contributed by atoms with van der Waals surface area (Å²) in [6, 6.07) is 9.29. The van der Waals surface area contributed by atoms with Crippen LogP contribution in [0.15, 0.2) is 42.6 Å². The molecule has 0 radical (unpaired) electrons. The minimum absolute atomic E-state index is 0.267. The Kier molecular flexibility index (Phi) is 3.10. The SMILES string of the molecule is Fc1ccc(NCc2ccccc2F)nc1. The molecule has 0 atom stereocenters. The summed E-state index contributed by atoms with van der Waals surface area (Å²) < 4.78 is 25.8. The van der Waals surface area contributed by atoms with Crippen molar-refractivity contribution >= 4 is 5.82 Å². The Bertz CT molecular complexity index is 469. The standard InChI is InChI=1S/C12H10F2N2/c13-10-5-6-12(16-8-10)15-7-9-3-1-2-4-11(9)14/h1-6,8H,7H2,(H,15,16). The predicted octanol–water partition coefficient (Wildman–Crippen LogP) is 2.97. The van der Waals surface area contributed by atoms with Crippen LogP contribution in [-0.2, 0) is 6.54 Å². The maximum atomic E-state index is 13.2. The Morgan fingerprint density at radius 3 is 2.56 bits per heavy atom. The summed E-state index contributed by atoms with van der Waals surface area (Å²) in [6.07, 6.45) is 1.11. The van der Waals surface area contributed by atoms with Gasteiger partial charge in [0.15, 0.2) is 0 Å². The van der Waals surface area contributed by atoms with Crippen molar-refractivity contribution in [2.45, 2.75) is 6.54 Å². The average Bonchev–Trinajstić information content (AvgIpc) is 2.30. The largest absolute Gasteiger partial charge is 0.366 e. The van der Waals surface area contributed by atoms with E-state index >= 15 is 0 Å². The molecule has 1 aromatic carbocycles. The van der Waals surface area contributed by atoms with Gasteiger partial charge < -0.3 is 5.32 Å². The Labute approximate surface area is 92.0 Å². The molecule has 0 bridgehead atoms. The van der Waals surface area contributed by atoms with Gasteiger partial charge in [-0.2, -0.15) is 0 Å². The molecule has 1 heterocycles. The minimum Gasteiger partial charge on any atom is -0.366 e. The van der Waals surface area contributed by atoms with Gasteiger partial charge in [0.1, 0.15) is 17.5 Å². The van der Waals surface area contributed by atoms with Crippen molar-refractivity contribution in [3.63, 3.8) is 0 Å². The molecule has 0 amide bonds.